The van der Waals surface area contributed by atoms with Crippen LogP contribution in [0.25, 0.3) is 0 Å². The van der Waals surface area contributed by atoms with Crippen molar-refractivity contribution in [1.29, 1.82) is 0 Å². The summed E-state index contributed by atoms with van der Waals surface area (Å²) in [6.07, 6.45) is -0.0534. The number of hydrogen-bond acceptors (Lipinski definition) is 8. The molecule has 0 bridgehead atoms. The standard InChI is InChI=1S/C20H18N2O8/c1-10(2)29-20-15(9-21-11-3-5-13(19(25)26)16(23)7-11)18(24)14-8-12(22(27)28)4-6-17(14)30-20/h3-10,20-21,23H,1-2H3,(H,25,26)/b15-9-. The normalized spacial score (nSPS) is 16.8. The minimum atomic E-state index is -1.28. The van der Waals surface area contributed by atoms with Crippen molar-refractivity contribution in [3.8, 4) is 11.5 Å². The predicted octanol–water partition coefficient (Wildman–Crippen LogP) is 3.32. The van der Waals surface area contributed by atoms with Crippen LogP contribution in [0.1, 0.15) is 34.6 Å². The van der Waals surface area contributed by atoms with Gasteiger partial charge in [-0.1, -0.05) is 0 Å². The van der Waals surface area contributed by atoms with E-state index in [1.807, 2.05) is 0 Å². The summed E-state index contributed by atoms with van der Waals surface area (Å²) >= 11 is 0. The Morgan fingerprint density at radius 1 is 1.30 bits per heavy atom. The van der Waals surface area contributed by atoms with E-state index in [4.69, 9.17) is 14.6 Å². The number of nitro benzene ring substituents is 1. The number of aromatic hydroxyl groups is 1. The van der Waals surface area contributed by atoms with Gasteiger partial charge in [-0.05, 0) is 32.0 Å². The summed E-state index contributed by atoms with van der Waals surface area (Å²) in [6.45, 7) is 3.51. The largest absolute Gasteiger partial charge is 0.507 e. The maximum Gasteiger partial charge on any atom is 0.339 e. The van der Waals surface area contributed by atoms with Crippen LogP contribution in [0.5, 0.6) is 11.5 Å². The molecule has 156 valence electrons. The number of rotatable bonds is 6. The Balaban J connectivity index is 1.96. The van der Waals surface area contributed by atoms with Crippen molar-refractivity contribution in [2.24, 2.45) is 0 Å². The second kappa shape index (κ2) is 8.21. The molecule has 1 unspecified atom stereocenters. The highest BCUT2D eigenvalue weighted by atomic mass is 16.7. The molecule has 1 atom stereocenters. The number of fused-ring (bicyclic) bond motifs is 1. The van der Waals surface area contributed by atoms with Crippen molar-refractivity contribution in [2.45, 2.75) is 26.2 Å². The van der Waals surface area contributed by atoms with Gasteiger partial charge in [0.05, 0.1) is 22.2 Å². The molecule has 0 spiro atoms. The highest BCUT2D eigenvalue weighted by molar-refractivity contribution is 6.12. The van der Waals surface area contributed by atoms with E-state index >= 15 is 0 Å². The van der Waals surface area contributed by atoms with E-state index in [9.17, 15) is 24.8 Å². The smallest absolute Gasteiger partial charge is 0.339 e. The zero-order valence-corrected chi connectivity index (χ0v) is 16.0. The van der Waals surface area contributed by atoms with Crippen molar-refractivity contribution >= 4 is 23.1 Å². The molecule has 0 saturated carbocycles. The van der Waals surface area contributed by atoms with Gasteiger partial charge in [0.25, 0.3) is 5.69 Å². The van der Waals surface area contributed by atoms with Crippen molar-refractivity contribution in [3.63, 3.8) is 0 Å². The molecule has 30 heavy (non-hydrogen) atoms. The van der Waals surface area contributed by atoms with Gasteiger partial charge in [0.2, 0.25) is 12.1 Å². The molecule has 0 saturated heterocycles. The van der Waals surface area contributed by atoms with Gasteiger partial charge < -0.3 is 25.0 Å². The first-order valence-corrected chi connectivity index (χ1v) is 8.85. The number of nitro groups is 1. The lowest BCUT2D eigenvalue weighted by molar-refractivity contribution is -0.384. The van der Waals surface area contributed by atoms with Crippen LogP contribution < -0.4 is 10.1 Å². The molecule has 2 aromatic rings. The zero-order valence-electron chi connectivity index (χ0n) is 16.0. The van der Waals surface area contributed by atoms with Crippen LogP contribution in [-0.4, -0.2) is 39.3 Å². The van der Waals surface area contributed by atoms with Gasteiger partial charge in [-0.3, -0.25) is 14.9 Å². The number of benzene rings is 2. The summed E-state index contributed by atoms with van der Waals surface area (Å²) in [6, 6.07) is 7.51. The molecule has 3 rings (SSSR count). The average Bonchev–Trinajstić information content (AvgIpc) is 2.66. The number of nitrogens with zero attached hydrogens (tertiary/aromatic N) is 1. The van der Waals surface area contributed by atoms with Crippen LogP contribution in [0.2, 0.25) is 0 Å². The highest BCUT2D eigenvalue weighted by Gasteiger charge is 2.34. The van der Waals surface area contributed by atoms with Crippen LogP contribution in [0.3, 0.4) is 0 Å². The Kier molecular flexibility index (Phi) is 5.70. The summed E-state index contributed by atoms with van der Waals surface area (Å²) < 4.78 is 11.4. The second-order valence-electron chi connectivity index (χ2n) is 6.68. The number of anilines is 1. The molecule has 1 aliphatic rings. The number of phenols is 1. The van der Waals surface area contributed by atoms with Gasteiger partial charge in [0.1, 0.15) is 17.1 Å². The first kappa shape index (κ1) is 20.8. The van der Waals surface area contributed by atoms with Crippen LogP contribution in [0.4, 0.5) is 11.4 Å². The van der Waals surface area contributed by atoms with E-state index in [1.54, 1.807) is 13.8 Å². The predicted molar refractivity (Wildman–Crippen MR) is 105 cm³/mol. The van der Waals surface area contributed by atoms with E-state index < -0.39 is 28.7 Å². The minimum Gasteiger partial charge on any atom is -0.507 e. The lowest BCUT2D eigenvalue weighted by atomic mass is 9.99. The molecule has 10 nitrogen and oxygen atoms in total. The summed E-state index contributed by atoms with van der Waals surface area (Å²) in [5.74, 6) is -2.09. The van der Waals surface area contributed by atoms with E-state index in [0.29, 0.717) is 5.69 Å². The Bertz CT molecular complexity index is 1060. The van der Waals surface area contributed by atoms with Crippen LogP contribution in [0.15, 0.2) is 48.2 Å². The number of carboxylic acid groups (broad SMARTS) is 1. The third-order valence-corrected chi connectivity index (χ3v) is 4.19. The molecule has 0 aliphatic carbocycles. The summed E-state index contributed by atoms with van der Waals surface area (Å²) in [7, 11) is 0. The van der Waals surface area contributed by atoms with Gasteiger partial charge >= 0.3 is 5.97 Å². The van der Waals surface area contributed by atoms with E-state index in [2.05, 4.69) is 5.32 Å². The summed E-state index contributed by atoms with van der Waals surface area (Å²) in [5.41, 5.74) is -0.141. The first-order valence-electron chi connectivity index (χ1n) is 8.85. The van der Waals surface area contributed by atoms with Gasteiger partial charge in [0.15, 0.2) is 0 Å². The van der Waals surface area contributed by atoms with E-state index in [-0.39, 0.29) is 34.2 Å². The lowest BCUT2D eigenvalue weighted by Gasteiger charge is -2.28. The Labute approximate surface area is 170 Å². The zero-order chi connectivity index (χ0) is 22.0. The number of nitrogens with one attached hydrogen (secondary N) is 1. The maximum atomic E-state index is 13.0. The number of Topliss-reactive ketones (excluding diaryl/α,β-unsaturated/α-hetero) is 1. The molecule has 2 aromatic carbocycles. The number of aromatic carboxylic acids is 1. The number of hydrogen-bond donors (Lipinski definition) is 3. The minimum absolute atomic E-state index is 0.0185. The molecule has 0 amide bonds. The molecule has 0 radical (unpaired) electrons. The topological polar surface area (TPSA) is 148 Å². The number of carbonyl (C=O) groups is 2. The fourth-order valence-corrected chi connectivity index (χ4v) is 2.80. The summed E-state index contributed by atoms with van der Waals surface area (Å²) in [5, 5.41) is 32.6. The highest BCUT2D eigenvalue weighted by Crippen LogP contribution is 2.34. The maximum absolute atomic E-state index is 13.0. The monoisotopic (exact) mass is 414 g/mol. The Morgan fingerprint density at radius 3 is 2.63 bits per heavy atom. The van der Waals surface area contributed by atoms with E-state index in [0.717, 1.165) is 6.07 Å². The molecule has 3 N–H and O–H groups in total. The molecule has 1 aliphatic heterocycles. The number of non-ortho nitro benzene ring substituents is 1. The lowest BCUT2D eigenvalue weighted by Crippen LogP contribution is -2.35. The molecule has 10 heteroatoms. The molecular weight excluding hydrogens is 396 g/mol. The third-order valence-electron chi connectivity index (χ3n) is 4.19. The van der Waals surface area contributed by atoms with Gasteiger partial charge in [-0.15, -0.1) is 0 Å². The third kappa shape index (κ3) is 4.23. The molecule has 0 aromatic heterocycles. The first-order chi connectivity index (χ1) is 14.2. The fraction of sp³-hybridized carbons (Fsp3) is 0.200. The number of carboxylic acids is 1. The number of carbonyl (C=O) groups excluding carboxylic acids is 1. The van der Waals surface area contributed by atoms with Gasteiger partial charge in [-0.2, -0.15) is 0 Å². The van der Waals surface area contributed by atoms with Crippen LogP contribution >= 0.6 is 0 Å². The number of ether oxygens (including phenoxy) is 2. The fourth-order valence-electron chi connectivity index (χ4n) is 2.80. The van der Waals surface area contributed by atoms with Gasteiger partial charge in [-0.25, -0.2) is 4.79 Å². The Morgan fingerprint density at radius 2 is 2.03 bits per heavy atom. The molecular formula is C20H18N2O8. The Hall–Kier alpha value is -3.92. The van der Waals surface area contributed by atoms with Crippen molar-refractivity contribution in [3.05, 3.63) is 69.4 Å². The quantitative estimate of drug-likeness (QED) is 0.368. The SMILES string of the molecule is CC(C)OC1Oc2ccc([N+](=O)[O-])cc2C(=O)/C1=C/Nc1ccc(C(=O)O)c(O)c1. The average molecular weight is 414 g/mol. The van der Waals surface area contributed by atoms with Crippen molar-refractivity contribution < 1.29 is 34.2 Å². The van der Waals surface area contributed by atoms with Crippen molar-refractivity contribution in [1.82, 2.24) is 0 Å². The van der Waals surface area contributed by atoms with Crippen LogP contribution in [-0.2, 0) is 4.74 Å². The molecule has 0 fully saturated rings. The van der Waals surface area contributed by atoms with Crippen molar-refractivity contribution in [2.75, 3.05) is 5.32 Å². The summed E-state index contributed by atoms with van der Waals surface area (Å²) in [4.78, 5) is 34.4. The second-order valence-corrected chi connectivity index (χ2v) is 6.68. The van der Waals surface area contributed by atoms with E-state index in [1.165, 1.54) is 36.5 Å². The number of ketones is 1. The van der Waals surface area contributed by atoms with Gasteiger partial charge in [0, 0.05) is 30.1 Å². The molecule has 1 heterocycles. The van der Waals surface area contributed by atoms with Crippen LogP contribution in [0, 0.1) is 10.1 Å².